The number of aromatic nitrogens is 1. The average Bonchev–Trinajstić information content (AvgIpc) is 3.33. The topological polar surface area (TPSA) is 74.7 Å². The molecule has 0 saturated carbocycles. The standard InChI is InChI=1S/C20H26Cl2N4O3S/c1-4-26(5-2)30(28,29)14-8-9-17(25-10-6-7-11-25)16(12-14)23-20(27)18-13-15(21)19(22)24(18)3/h8-9,12-13H,4-7,10-11H2,1-3H3,(H,23,27). The summed E-state index contributed by atoms with van der Waals surface area (Å²) in [6, 6.07) is 6.39. The number of sulfonamides is 1. The Morgan fingerprint density at radius 1 is 1.13 bits per heavy atom. The van der Waals surface area contributed by atoms with Gasteiger partial charge in [0.1, 0.15) is 10.8 Å². The van der Waals surface area contributed by atoms with E-state index < -0.39 is 15.9 Å². The summed E-state index contributed by atoms with van der Waals surface area (Å²) in [5.41, 5.74) is 1.53. The van der Waals surface area contributed by atoms with Crippen molar-refractivity contribution in [3.63, 3.8) is 0 Å². The van der Waals surface area contributed by atoms with Gasteiger partial charge in [0.25, 0.3) is 5.91 Å². The molecule has 10 heteroatoms. The van der Waals surface area contributed by atoms with Crippen LogP contribution in [0.1, 0.15) is 37.2 Å². The largest absolute Gasteiger partial charge is 0.370 e. The van der Waals surface area contributed by atoms with Gasteiger partial charge in [0.05, 0.1) is 21.3 Å². The zero-order valence-electron chi connectivity index (χ0n) is 17.3. The molecular weight excluding hydrogens is 447 g/mol. The molecule has 30 heavy (non-hydrogen) atoms. The average molecular weight is 473 g/mol. The van der Waals surface area contributed by atoms with Crippen LogP contribution in [0.3, 0.4) is 0 Å². The van der Waals surface area contributed by atoms with Crippen LogP contribution < -0.4 is 10.2 Å². The summed E-state index contributed by atoms with van der Waals surface area (Å²) in [5, 5.41) is 3.41. The fourth-order valence-corrected chi connectivity index (χ4v) is 5.53. The van der Waals surface area contributed by atoms with Crippen LogP contribution in [0.25, 0.3) is 0 Å². The maximum Gasteiger partial charge on any atom is 0.272 e. The van der Waals surface area contributed by atoms with Crippen LogP contribution in [0.2, 0.25) is 10.2 Å². The first-order valence-electron chi connectivity index (χ1n) is 9.91. The molecule has 164 valence electrons. The van der Waals surface area contributed by atoms with Crippen LogP contribution in [-0.4, -0.2) is 49.4 Å². The summed E-state index contributed by atoms with van der Waals surface area (Å²) in [6.07, 6.45) is 2.10. The van der Waals surface area contributed by atoms with Gasteiger partial charge < -0.3 is 14.8 Å². The second-order valence-corrected chi connectivity index (χ2v) is 9.85. The highest BCUT2D eigenvalue weighted by atomic mass is 35.5. The van der Waals surface area contributed by atoms with Gasteiger partial charge in [0.2, 0.25) is 10.0 Å². The molecule has 1 amide bonds. The van der Waals surface area contributed by atoms with E-state index in [0.29, 0.717) is 18.8 Å². The number of nitrogens with zero attached hydrogens (tertiary/aromatic N) is 3. The molecule has 1 aliphatic rings. The molecule has 0 atom stereocenters. The maximum atomic E-state index is 13.0. The zero-order valence-corrected chi connectivity index (χ0v) is 19.6. The SMILES string of the molecule is CCN(CC)S(=O)(=O)c1ccc(N2CCCC2)c(NC(=O)c2cc(Cl)c(Cl)n2C)c1. The fraction of sp³-hybridized carbons (Fsp3) is 0.450. The minimum Gasteiger partial charge on any atom is -0.370 e. The number of hydrogen-bond donors (Lipinski definition) is 1. The summed E-state index contributed by atoms with van der Waals surface area (Å²) in [7, 11) is -2.01. The third-order valence-electron chi connectivity index (χ3n) is 5.36. The first kappa shape index (κ1) is 22.9. The van der Waals surface area contributed by atoms with Crippen LogP contribution in [0.15, 0.2) is 29.2 Å². The Morgan fingerprint density at radius 3 is 2.30 bits per heavy atom. The van der Waals surface area contributed by atoms with Gasteiger partial charge in [0.15, 0.2) is 0 Å². The zero-order chi connectivity index (χ0) is 22.1. The highest BCUT2D eigenvalue weighted by Crippen LogP contribution is 2.33. The molecule has 3 rings (SSSR count). The Kier molecular flexibility index (Phi) is 7.02. The number of nitrogens with one attached hydrogen (secondary N) is 1. The van der Waals surface area contributed by atoms with Crippen molar-refractivity contribution in [3.8, 4) is 0 Å². The van der Waals surface area contributed by atoms with Gasteiger partial charge in [0, 0.05) is 33.2 Å². The van der Waals surface area contributed by atoms with E-state index >= 15 is 0 Å². The van der Waals surface area contributed by atoms with Crippen molar-refractivity contribution < 1.29 is 13.2 Å². The summed E-state index contributed by atoms with van der Waals surface area (Å²) in [5.74, 6) is -0.413. The predicted molar refractivity (Wildman–Crippen MR) is 121 cm³/mol. The van der Waals surface area contributed by atoms with Crippen molar-refractivity contribution >= 4 is 50.5 Å². The molecule has 2 heterocycles. The van der Waals surface area contributed by atoms with Crippen LogP contribution >= 0.6 is 23.2 Å². The van der Waals surface area contributed by atoms with Gasteiger partial charge in [-0.25, -0.2) is 8.42 Å². The van der Waals surface area contributed by atoms with E-state index in [9.17, 15) is 13.2 Å². The van der Waals surface area contributed by atoms with E-state index in [2.05, 4.69) is 10.2 Å². The lowest BCUT2D eigenvalue weighted by molar-refractivity contribution is 0.101. The lowest BCUT2D eigenvalue weighted by Gasteiger charge is -2.24. The Bertz CT molecular complexity index is 1040. The van der Waals surface area contributed by atoms with Crippen molar-refractivity contribution in [1.29, 1.82) is 0 Å². The van der Waals surface area contributed by atoms with E-state index in [1.165, 1.54) is 21.0 Å². The first-order valence-corrected chi connectivity index (χ1v) is 12.1. The van der Waals surface area contributed by atoms with Crippen molar-refractivity contribution in [2.45, 2.75) is 31.6 Å². The van der Waals surface area contributed by atoms with E-state index in [4.69, 9.17) is 23.2 Å². The molecule has 0 radical (unpaired) electrons. The van der Waals surface area contributed by atoms with Crippen LogP contribution in [0.4, 0.5) is 11.4 Å². The highest BCUT2D eigenvalue weighted by molar-refractivity contribution is 7.89. The molecule has 1 aromatic heterocycles. The van der Waals surface area contributed by atoms with Gasteiger partial charge in [-0.15, -0.1) is 0 Å². The second-order valence-electron chi connectivity index (χ2n) is 7.14. The van der Waals surface area contributed by atoms with E-state index in [1.54, 1.807) is 33.0 Å². The predicted octanol–water partition coefficient (Wildman–Crippen LogP) is 4.21. The summed E-state index contributed by atoms with van der Waals surface area (Å²) >= 11 is 12.1. The van der Waals surface area contributed by atoms with E-state index in [1.807, 2.05) is 0 Å². The molecular formula is C20H26Cl2N4O3S. The van der Waals surface area contributed by atoms with Gasteiger partial charge in [-0.05, 0) is 37.1 Å². The van der Waals surface area contributed by atoms with E-state index in [-0.39, 0.29) is 20.8 Å². The Hall–Kier alpha value is -1.74. The van der Waals surface area contributed by atoms with Crippen molar-refractivity contribution in [3.05, 3.63) is 40.1 Å². The van der Waals surface area contributed by atoms with E-state index in [0.717, 1.165) is 31.6 Å². The summed E-state index contributed by atoms with van der Waals surface area (Å²) < 4.78 is 28.9. The Balaban J connectivity index is 2.03. The van der Waals surface area contributed by atoms with Gasteiger partial charge in [-0.3, -0.25) is 4.79 Å². The minimum absolute atomic E-state index is 0.146. The van der Waals surface area contributed by atoms with Crippen LogP contribution in [0.5, 0.6) is 0 Å². The number of carbonyl (C=O) groups excluding carboxylic acids is 1. The lowest BCUT2D eigenvalue weighted by atomic mass is 10.2. The molecule has 0 spiro atoms. The Morgan fingerprint density at radius 2 is 1.77 bits per heavy atom. The first-order chi connectivity index (χ1) is 14.2. The molecule has 1 fully saturated rings. The molecule has 1 aromatic carbocycles. The van der Waals surface area contributed by atoms with Crippen molar-refractivity contribution in [1.82, 2.24) is 8.87 Å². The second kappa shape index (κ2) is 9.18. The number of rotatable bonds is 7. The number of benzene rings is 1. The molecule has 2 aromatic rings. The molecule has 0 unspecified atom stereocenters. The fourth-order valence-electron chi connectivity index (χ4n) is 3.67. The molecule has 0 bridgehead atoms. The Labute approximate surface area is 187 Å². The molecule has 1 aliphatic heterocycles. The number of hydrogen-bond acceptors (Lipinski definition) is 4. The van der Waals surface area contributed by atoms with Crippen molar-refractivity contribution in [2.24, 2.45) is 7.05 Å². The lowest BCUT2D eigenvalue weighted by Crippen LogP contribution is -2.31. The van der Waals surface area contributed by atoms with Crippen LogP contribution in [0, 0.1) is 0 Å². The molecule has 0 aliphatic carbocycles. The summed E-state index contributed by atoms with van der Waals surface area (Å²) in [4.78, 5) is 15.2. The molecule has 1 N–H and O–H groups in total. The van der Waals surface area contributed by atoms with Gasteiger partial charge in [-0.1, -0.05) is 37.0 Å². The maximum absolute atomic E-state index is 13.0. The molecule has 7 nitrogen and oxygen atoms in total. The van der Waals surface area contributed by atoms with Gasteiger partial charge >= 0.3 is 0 Å². The smallest absolute Gasteiger partial charge is 0.272 e. The van der Waals surface area contributed by atoms with Crippen LogP contribution in [-0.2, 0) is 17.1 Å². The number of amides is 1. The quantitative estimate of drug-likeness (QED) is 0.654. The monoisotopic (exact) mass is 472 g/mol. The third-order valence-corrected chi connectivity index (χ3v) is 8.24. The third kappa shape index (κ3) is 4.32. The minimum atomic E-state index is -3.66. The number of anilines is 2. The normalized spacial score (nSPS) is 14.5. The highest BCUT2D eigenvalue weighted by Gasteiger charge is 2.26. The summed E-state index contributed by atoms with van der Waals surface area (Å²) in [6.45, 7) is 6.04. The van der Waals surface area contributed by atoms with Crippen molar-refractivity contribution in [2.75, 3.05) is 36.4 Å². The number of halogens is 2. The number of carbonyl (C=O) groups is 1. The van der Waals surface area contributed by atoms with Gasteiger partial charge in [-0.2, -0.15) is 4.31 Å². The molecule has 1 saturated heterocycles.